The predicted octanol–water partition coefficient (Wildman–Crippen LogP) is 8.46. The highest BCUT2D eigenvalue weighted by Gasteiger charge is 2.73. The van der Waals surface area contributed by atoms with E-state index < -0.39 is 101 Å². The standard InChI is InChI=1S/C36H32Cl2F10N4O9/c1-31(2,3)61-27(54)7-6-26(53)57-10-11-58-30(56)59-18-51(32(17-49)8-9-32)29(55)22-12-19(4-5-23(22)37)20-15-50-52(16-20)28-24(38)13-21(14-25(28)60-36(46,47)48)33(39,34(40,41)42)35(43,44)45/h4-5,12-16,30,56H,6-11,18H2,1-3H3. The van der Waals surface area contributed by atoms with Crippen molar-refractivity contribution < 1.29 is 87.1 Å². The lowest BCUT2D eigenvalue weighted by Gasteiger charge is -2.31. The molecule has 4 rings (SSSR count). The van der Waals surface area contributed by atoms with Gasteiger partial charge >= 0.3 is 36.3 Å². The molecule has 0 radical (unpaired) electrons. The first-order chi connectivity index (χ1) is 28.0. The Morgan fingerprint density at radius 1 is 0.902 bits per heavy atom. The number of hydrogen-bond donors (Lipinski definition) is 1. The Kier molecular flexibility index (Phi) is 14.6. The van der Waals surface area contributed by atoms with Gasteiger partial charge in [0.15, 0.2) is 5.75 Å². The molecule has 0 bridgehead atoms. The summed E-state index contributed by atoms with van der Waals surface area (Å²) in [6, 6.07) is 4.92. The fraction of sp³-hybridized carbons (Fsp3) is 0.472. The Balaban J connectivity index is 1.53. The molecule has 1 amide bonds. The van der Waals surface area contributed by atoms with Crippen LogP contribution in [0.4, 0.5) is 43.9 Å². The van der Waals surface area contributed by atoms with Crippen LogP contribution in [0, 0.1) is 11.3 Å². The third-order valence-electron chi connectivity index (χ3n) is 8.37. The molecule has 1 heterocycles. The number of aliphatic hydroxyl groups is 1. The fourth-order valence-electron chi connectivity index (χ4n) is 5.39. The molecule has 1 aliphatic carbocycles. The fourth-order valence-corrected chi connectivity index (χ4v) is 5.89. The lowest BCUT2D eigenvalue weighted by atomic mass is 9.93. The molecule has 2 aromatic carbocycles. The smallest absolute Gasteiger partial charge is 0.463 e. The van der Waals surface area contributed by atoms with Crippen molar-refractivity contribution in [1.82, 2.24) is 14.7 Å². The van der Waals surface area contributed by atoms with Crippen LogP contribution in [0.3, 0.4) is 0 Å². The molecular weight excluding hydrogens is 893 g/mol. The second kappa shape index (κ2) is 18.2. The van der Waals surface area contributed by atoms with E-state index in [1.165, 1.54) is 12.1 Å². The number of nitrogens with zero attached hydrogens (tertiary/aromatic N) is 4. The van der Waals surface area contributed by atoms with Gasteiger partial charge in [0.25, 0.3) is 12.4 Å². The van der Waals surface area contributed by atoms with E-state index >= 15 is 0 Å². The van der Waals surface area contributed by atoms with Crippen LogP contribution in [-0.4, -0.2) is 93.9 Å². The summed E-state index contributed by atoms with van der Waals surface area (Å²) in [6.07, 6.45) is -17.5. The second-order valence-corrected chi connectivity index (χ2v) is 14.8. The molecule has 0 aliphatic heterocycles. The monoisotopic (exact) mass is 924 g/mol. The molecular formula is C36H32Cl2F10N4O9. The average molecular weight is 926 g/mol. The van der Waals surface area contributed by atoms with Gasteiger partial charge in [0, 0.05) is 17.3 Å². The molecule has 13 nitrogen and oxygen atoms in total. The van der Waals surface area contributed by atoms with E-state index in [0.717, 1.165) is 23.4 Å². The highest BCUT2D eigenvalue weighted by atomic mass is 35.5. The second-order valence-electron chi connectivity index (χ2n) is 14.0. The Labute approximate surface area is 348 Å². The van der Waals surface area contributed by atoms with Crippen LogP contribution in [0.1, 0.15) is 62.4 Å². The number of benzene rings is 2. The zero-order chi connectivity index (χ0) is 45.9. The number of ether oxygens (including phenoxy) is 5. The first-order valence-electron chi connectivity index (χ1n) is 17.3. The first kappa shape index (κ1) is 48.8. The number of carbonyl (C=O) groups excluding carboxylic acids is 3. The molecule has 1 fully saturated rings. The SMILES string of the molecule is CC(C)(C)OC(=O)CCC(=O)OCCOC(O)OCN(C(=O)c1cc(-c2cnn(-c3c(Cl)cc(C(F)(C(F)(F)F)C(F)(F)F)cc3OC(F)(F)F)c2)ccc1Cl)C1(C#N)CC1. The van der Waals surface area contributed by atoms with Crippen LogP contribution in [0.25, 0.3) is 16.8 Å². The van der Waals surface area contributed by atoms with Gasteiger partial charge in [0.2, 0.25) is 0 Å². The third kappa shape index (κ3) is 11.9. The Morgan fingerprint density at radius 2 is 1.52 bits per heavy atom. The maximum Gasteiger partial charge on any atom is 0.573 e. The van der Waals surface area contributed by atoms with Crippen molar-refractivity contribution in [1.29, 1.82) is 5.26 Å². The molecule has 3 aromatic rings. The highest BCUT2D eigenvalue weighted by molar-refractivity contribution is 6.34. The van der Waals surface area contributed by atoms with Crippen LogP contribution < -0.4 is 4.74 Å². The van der Waals surface area contributed by atoms with Crippen molar-refractivity contribution >= 4 is 41.0 Å². The highest BCUT2D eigenvalue weighted by Crippen LogP contribution is 2.55. The number of rotatable bonds is 16. The van der Waals surface area contributed by atoms with Crippen LogP contribution >= 0.6 is 23.2 Å². The molecule has 25 heteroatoms. The summed E-state index contributed by atoms with van der Waals surface area (Å²) in [5.74, 6) is -4.12. The zero-order valence-electron chi connectivity index (χ0n) is 31.6. The van der Waals surface area contributed by atoms with E-state index in [4.69, 9.17) is 42.1 Å². The molecule has 1 aliphatic rings. The Bertz CT molecular complexity index is 2130. The number of esters is 2. The van der Waals surface area contributed by atoms with Gasteiger partial charge in [0.05, 0.1) is 47.3 Å². The molecule has 61 heavy (non-hydrogen) atoms. The molecule has 1 unspecified atom stereocenters. The van der Waals surface area contributed by atoms with Gasteiger partial charge in [-0.25, -0.2) is 9.07 Å². The van der Waals surface area contributed by atoms with E-state index in [-0.39, 0.29) is 60.1 Å². The van der Waals surface area contributed by atoms with Crippen molar-refractivity contribution in [3.05, 3.63) is 63.9 Å². The van der Waals surface area contributed by atoms with Gasteiger partial charge in [-0.3, -0.25) is 19.3 Å². The first-order valence-corrected chi connectivity index (χ1v) is 18.1. The van der Waals surface area contributed by atoms with Crippen molar-refractivity contribution in [2.24, 2.45) is 0 Å². The number of hydrogen-bond acceptors (Lipinski definition) is 11. The number of halogens is 12. The number of amides is 1. The molecule has 334 valence electrons. The topological polar surface area (TPSA) is 162 Å². The van der Waals surface area contributed by atoms with Crippen LogP contribution in [0.2, 0.25) is 10.0 Å². The number of carbonyl (C=O) groups is 3. The normalized spacial score (nSPS) is 14.8. The predicted molar refractivity (Wildman–Crippen MR) is 188 cm³/mol. The lowest BCUT2D eigenvalue weighted by molar-refractivity contribution is -0.348. The summed E-state index contributed by atoms with van der Waals surface area (Å²) in [7, 11) is 0. The molecule has 1 atom stereocenters. The summed E-state index contributed by atoms with van der Waals surface area (Å²) >= 11 is 12.2. The Hall–Kier alpha value is -4.89. The zero-order valence-corrected chi connectivity index (χ0v) is 33.1. The van der Waals surface area contributed by atoms with Crippen LogP contribution in [0.5, 0.6) is 5.75 Å². The summed E-state index contributed by atoms with van der Waals surface area (Å²) in [5, 5.41) is 22.4. The van der Waals surface area contributed by atoms with Crippen LogP contribution in [-0.2, 0) is 34.2 Å². The lowest BCUT2D eigenvalue weighted by Crippen LogP contribution is -2.50. The van der Waals surface area contributed by atoms with Crippen molar-refractivity contribution in [3.8, 4) is 28.6 Å². The summed E-state index contributed by atoms with van der Waals surface area (Å²) < 4.78 is 160. The van der Waals surface area contributed by atoms with Gasteiger partial charge in [-0.2, -0.15) is 36.7 Å². The molecule has 1 saturated carbocycles. The van der Waals surface area contributed by atoms with Crippen LogP contribution in [0.15, 0.2) is 42.7 Å². The minimum atomic E-state index is -6.71. The van der Waals surface area contributed by atoms with E-state index in [9.17, 15) is 68.7 Å². The summed E-state index contributed by atoms with van der Waals surface area (Å²) in [4.78, 5) is 38.5. The van der Waals surface area contributed by atoms with Gasteiger partial charge in [-0.05, 0) is 63.4 Å². The number of nitriles is 1. The van der Waals surface area contributed by atoms with E-state index in [0.29, 0.717) is 4.68 Å². The van der Waals surface area contributed by atoms with E-state index in [1.807, 2.05) is 6.07 Å². The van der Waals surface area contributed by atoms with Gasteiger partial charge < -0.3 is 28.8 Å². The Morgan fingerprint density at radius 3 is 2.08 bits per heavy atom. The number of aliphatic hydroxyl groups excluding tert-OH is 1. The molecule has 1 aromatic heterocycles. The number of alkyl halides is 10. The van der Waals surface area contributed by atoms with E-state index in [1.54, 1.807) is 20.8 Å². The van der Waals surface area contributed by atoms with Gasteiger partial charge in [0.1, 0.15) is 30.2 Å². The van der Waals surface area contributed by atoms with Crippen molar-refractivity contribution in [2.45, 2.75) is 88.5 Å². The minimum Gasteiger partial charge on any atom is -0.463 e. The molecule has 0 spiro atoms. The van der Waals surface area contributed by atoms with Gasteiger partial charge in [-0.1, -0.05) is 29.3 Å². The third-order valence-corrected chi connectivity index (χ3v) is 8.99. The minimum absolute atomic E-state index is 0.0358. The molecule has 0 saturated heterocycles. The summed E-state index contributed by atoms with van der Waals surface area (Å²) in [6.45, 7) is 1.39. The maximum atomic E-state index is 14.9. The largest absolute Gasteiger partial charge is 0.573 e. The van der Waals surface area contributed by atoms with Crippen molar-refractivity contribution in [3.63, 3.8) is 0 Å². The summed E-state index contributed by atoms with van der Waals surface area (Å²) in [5.41, 5.74) is -12.1. The van der Waals surface area contributed by atoms with Crippen molar-refractivity contribution in [2.75, 3.05) is 19.9 Å². The molecule has 1 N–H and O–H groups in total. The van der Waals surface area contributed by atoms with E-state index in [2.05, 4.69) is 9.84 Å². The van der Waals surface area contributed by atoms with Gasteiger partial charge in [-0.15, -0.1) is 13.2 Å². The number of aromatic nitrogens is 2. The average Bonchev–Trinajstić information content (AvgIpc) is 3.77. The quantitative estimate of drug-likeness (QED) is 0.0635. The maximum absolute atomic E-state index is 14.9.